The van der Waals surface area contributed by atoms with Gasteiger partial charge in [0.2, 0.25) is 0 Å². The van der Waals surface area contributed by atoms with E-state index >= 15 is 0 Å². The van der Waals surface area contributed by atoms with Crippen molar-refractivity contribution >= 4 is 12.4 Å². The Bertz CT molecular complexity index is 1040. The topological polar surface area (TPSA) is 41.9 Å². The maximum Gasteiger partial charge on any atom is 0.165 e. The molecule has 5 heteroatoms. The van der Waals surface area contributed by atoms with Gasteiger partial charge in [-0.25, -0.2) is 0 Å². The number of aromatic hydroxyl groups is 1. The van der Waals surface area contributed by atoms with E-state index in [0.29, 0.717) is 11.8 Å². The molecule has 0 unspecified atom stereocenters. The minimum atomic E-state index is 0. The molecule has 4 nitrogen and oxygen atoms in total. The van der Waals surface area contributed by atoms with Gasteiger partial charge in [-0.3, -0.25) is 0 Å². The first-order chi connectivity index (χ1) is 15.1. The van der Waals surface area contributed by atoms with E-state index in [-0.39, 0.29) is 18.2 Å². The SMILES string of the molecule is COc1ccc2c(c1)-c1c(ccc(OC)c1O)C[C@@H](CCc1ccccc1)N(C)CC2.Cl. The summed E-state index contributed by atoms with van der Waals surface area (Å²) in [6.07, 6.45) is 3.88. The van der Waals surface area contributed by atoms with Crippen molar-refractivity contribution in [3.05, 3.63) is 77.4 Å². The molecule has 1 atom stereocenters. The minimum Gasteiger partial charge on any atom is -0.504 e. The average Bonchev–Trinajstić information content (AvgIpc) is 2.86. The molecule has 0 aliphatic carbocycles. The van der Waals surface area contributed by atoms with Crippen molar-refractivity contribution in [3.8, 4) is 28.4 Å². The van der Waals surface area contributed by atoms with Gasteiger partial charge in [0, 0.05) is 18.2 Å². The summed E-state index contributed by atoms with van der Waals surface area (Å²) in [4.78, 5) is 2.47. The molecule has 0 saturated carbocycles. The highest BCUT2D eigenvalue weighted by Crippen LogP contribution is 2.43. The Morgan fingerprint density at radius 1 is 0.969 bits per heavy atom. The van der Waals surface area contributed by atoms with Crippen LogP contribution in [-0.2, 0) is 19.3 Å². The van der Waals surface area contributed by atoms with E-state index in [9.17, 15) is 5.11 Å². The fraction of sp³-hybridized carbons (Fsp3) is 0.333. The molecular formula is C27H32ClNO3. The second-order valence-corrected chi connectivity index (χ2v) is 8.29. The Kier molecular flexibility index (Phi) is 8.05. The monoisotopic (exact) mass is 453 g/mol. The molecule has 4 rings (SSSR count). The van der Waals surface area contributed by atoms with E-state index in [1.165, 1.54) is 11.1 Å². The molecule has 3 aromatic carbocycles. The van der Waals surface area contributed by atoms with Crippen molar-refractivity contribution in [2.24, 2.45) is 0 Å². The molecule has 32 heavy (non-hydrogen) atoms. The standard InChI is InChI=1S/C27H31NO3.ClH/c1-28-16-15-20-10-13-23(30-2)18-24(20)26-21(11-14-25(31-3)27(26)29)17-22(28)12-9-19-7-5-4-6-8-19;/h4-8,10-11,13-14,18,22,29H,9,12,15-17H2,1-3H3;1H/t22-;/m1./s1. The summed E-state index contributed by atoms with van der Waals surface area (Å²) in [6.45, 7) is 0.963. The van der Waals surface area contributed by atoms with Gasteiger partial charge in [0.1, 0.15) is 5.75 Å². The number of hydrogen-bond acceptors (Lipinski definition) is 4. The lowest BCUT2D eigenvalue weighted by Crippen LogP contribution is -2.35. The number of likely N-dealkylation sites (N-methyl/N-ethyl adjacent to an activating group) is 1. The predicted octanol–water partition coefficient (Wildman–Crippen LogP) is 5.53. The van der Waals surface area contributed by atoms with Crippen LogP contribution < -0.4 is 9.47 Å². The number of rotatable bonds is 5. The lowest BCUT2D eigenvalue weighted by molar-refractivity contribution is 0.232. The van der Waals surface area contributed by atoms with Crippen molar-refractivity contribution in [2.75, 3.05) is 27.8 Å². The number of hydrogen-bond donors (Lipinski definition) is 1. The molecule has 0 saturated heterocycles. The second-order valence-electron chi connectivity index (χ2n) is 8.29. The molecule has 170 valence electrons. The van der Waals surface area contributed by atoms with Crippen LogP contribution in [0.3, 0.4) is 0 Å². The number of nitrogens with zero attached hydrogens (tertiary/aromatic N) is 1. The molecule has 0 radical (unpaired) electrons. The maximum atomic E-state index is 11.1. The fourth-order valence-electron chi connectivity index (χ4n) is 4.57. The van der Waals surface area contributed by atoms with Crippen LogP contribution in [0.4, 0.5) is 0 Å². The number of benzene rings is 3. The Balaban J connectivity index is 0.00000289. The molecular weight excluding hydrogens is 422 g/mol. The highest BCUT2D eigenvalue weighted by atomic mass is 35.5. The summed E-state index contributed by atoms with van der Waals surface area (Å²) in [5, 5.41) is 11.1. The van der Waals surface area contributed by atoms with Crippen molar-refractivity contribution in [3.63, 3.8) is 0 Å². The first kappa shape index (κ1) is 24.0. The van der Waals surface area contributed by atoms with Crippen LogP contribution in [-0.4, -0.2) is 43.9 Å². The van der Waals surface area contributed by atoms with Crippen molar-refractivity contribution < 1.29 is 14.6 Å². The molecule has 0 bridgehead atoms. The average molecular weight is 454 g/mol. The Morgan fingerprint density at radius 2 is 1.72 bits per heavy atom. The number of methoxy groups -OCH3 is 2. The number of ether oxygens (including phenoxy) is 2. The molecule has 1 heterocycles. The molecule has 0 fully saturated rings. The summed E-state index contributed by atoms with van der Waals surface area (Å²) in [5.74, 6) is 1.50. The lowest BCUT2D eigenvalue weighted by atomic mass is 9.89. The van der Waals surface area contributed by atoms with Crippen molar-refractivity contribution in [1.82, 2.24) is 4.90 Å². The van der Waals surface area contributed by atoms with Gasteiger partial charge < -0.3 is 19.5 Å². The van der Waals surface area contributed by atoms with E-state index in [1.54, 1.807) is 14.2 Å². The minimum absolute atomic E-state index is 0. The van der Waals surface area contributed by atoms with E-state index in [0.717, 1.165) is 54.7 Å². The second kappa shape index (κ2) is 10.8. The predicted molar refractivity (Wildman–Crippen MR) is 132 cm³/mol. The first-order valence-corrected chi connectivity index (χ1v) is 10.9. The van der Waals surface area contributed by atoms with Gasteiger partial charge in [-0.2, -0.15) is 0 Å². The maximum absolute atomic E-state index is 11.1. The van der Waals surface area contributed by atoms with E-state index in [1.807, 2.05) is 18.2 Å². The van der Waals surface area contributed by atoms with Crippen LogP contribution in [0.2, 0.25) is 0 Å². The quantitative estimate of drug-likeness (QED) is 0.551. The van der Waals surface area contributed by atoms with E-state index in [4.69, 9.17) is 9.47 Å². The van der Waals surface area contributed by atoms with Gasteiger partial charge in [0.15, 0.2) is 11.5 Å². The Morgan fingerprint density at radius 3 is 2.44 bits per heavy atom. The smallest absolute Gasteiger partial charge is 0.165 e. The summed E-state index contributed by atoms with van der Waals surface area (Å²) >= 11 is 0. The molecule has 0 aromatic heterocycles. The number of fused-ring (bicyclic) bond motifs is 3. The van der Waals surface area contributed by atoms with Crippen LogP contribution in [0, 0.1) is 0 Å². The number of halogens is 1. The van der Waals surface area contributed by atoms with Crippen LogP contribution in [0.15, 0.2) is 60.7 Å². The molecule has 1 N–H and O–H groups in total. The van der Waals surface area contributed by atoms with Gasteiger partial charge in [-0.15, -0.1) is 12.4 Å². The summed E-state index contributed by atoms with van der Waals surface area (Å²) in [5.41, 5.74) is 5.61. The molecule has 0 amide bonds. The summed E-state index contributed by atoms with van der Waals surface area (Å²) in [6, 6.07) is 21.2. The van der Waals surface area contributed by atoms with Gasteiger partial charge in [-0.1, -0.05) is 42.5 Å². The highest BCUT2D eigenvalue weighted by Gasteiger charge is 2.25. The summed E-state index contributed by atoms with van der Waals surface area (Å²) in [7, 11) is 5.49. The molecule has 3 aromatic rings. The third kappa shape index (κ3) is 5.03. The van der Waals surface area contributed by atoms with Gasteiger partial charge in [0.25, 0.3) is 0 Å². The normalized spacial score (nSPS) is 15.9. The van der Waals surface area contributed by atoms with Crippen LogP contribution >= 0.6 is 12.4 Å². The fourth-order valence-corrected chi connectivity index (χ4v) is 4.57. The summed E-state index contributed by atoms with van der Waals surface area (Å²) < 4.78 is 10.9. The van der Waals surface area contributed by atoms with Gasteiger partial charge >= 0.3 is 0 Å². The zero-order valence-corrected chi connectivity index (χ0v) is 19.8. The number of phenolic OH excluding ortho intramolecular Hbond substituents is 1. The van der Waals surface area contributed by atoms with E-state index < -0.39 is 0 Å². The third-order valence-electron chi connectivity index (χ3n) is 6.46. The van der Waals surface area contributed by atoms with Crippen LogP contribution in [0.25, 0.3) is 11.1 Å². The highest BCUT2D eigenvalue weighted by molar-refractivity contribution is 5.85. The van der Waals surface area contributed by atoms with Gasteiger partial charge in [-0.05, 0) is 73.2 Å². The largest absolute Gasteiger partial charge is 0.504 e. The van der Waals surface area contributed by atoms with Crippen LogP contribution in [0.5, 0.6) is 17.2 Å². The molecule has 0 spiro atoms. The zero-order chi connectivity index (χ0) is 21.8. The lowest BCUT2D eigenvalue weighted by Gasteiger charge is -2.28. The Labute approximate surface area is 197 Å². The molecule has 1 aliphatic rings. The number of aryl methyl sites for hydroxylation is 1. The first-order valence-electron chi connectivity index (χ1n) is 10.9. The Hall–Kier alpha value is -2.69. The van der Waals surface area contributed by atoms with Crippen molar-refractivity contribution in [2.45, 2.75) is 31.7 Å². The third-order valence-corrected chi connectivity index (χ3v) is 6.46. The molecule has 1 aliphatic heterocycles. The van der Waals surface area contributed by atoms with Crippen molar-refractivity contribution in [1.29, 1.82) is 0 Å². The van der Waals surface area contributed by atoms with Gasteiger partial charge in [0.05, 0.1) is 14.2 Å². The zero-order valence-electron chi connectivity index (χ0n) is 19.0. The van der Waals surface area contributed by atoms with E-state index in [2.05, 4.69) is 54.4 Å². The number of phenols is 1. The van der Waals surface area contributed by atoms with Crippen LogP contribution in [0.1, 0.15) is 23.1 Å².